The number of hydrazine groups is 2. The average Bonchev–Trinajstić information content (AvgIpc) is 3.11. The summed E-state index contributed by atoms with van der Waals surface area (Å²) >= 11 is 0. The van der Waals surface area contributed by atoms with E-state index in [-0.39, 0.29) is 19.3 Å². The highest BCUT2D eigenvalue weighted by Crippen LogP contribution is 2.38. The summed E-state index contributed by atoms with van der Waals surface area (Å²) in [5.74, 6) is 0.737. The van der Waals surface area contributed by atoms with Gasteiger partial charge in [-0.2, -0.15) is 0 Å². The summed E-state index contributed by atoms with van der Waals surface area (Å²) in [6, 6.07) is 14.4. The Morgan fingerprint density at radius 2 is 2.12 bits per heavy atom. The van der Waals surface area contributed by atoms with Crippen molar-refractivity contribution in [2.45, 2.75) is 19.4 Å². The number of anilines is 1. The van der Waals surface area contributed by atoms with Crippen molar-refractivity contribution >= 4 is 23.2 Å². The Hall–Kier alpha value is -3.49. The molecule has 6 N–H and O–H groups in total. The van der Waals surface area contributed by atoms with Crippen LogP contribution in [0.3, 0.4) is 0 Å². The van der Waals surface area contributed by atoms with Gasteiger partial charge in [0.05, 0.1) is 24.0 Å². The lowest BCUT2D eigenvalue weighted by Crippen LogP contribution is -2.37. The van der Waals surface area contributed by atoms with E-state index in [0.29, 0.717) is 0 Å². The molecule has 2 aromatic carbocycles. The molecule has 0 fully saturated rings. The maximum atomic E-state index is 8.94. The van der Waals surface area contributed by atoms with Gasteiger partial charge in [-0.25, -0.2) is 0 Å². The molecule has 2 aliphatic rings. The van der Waals surface area contributed by atoms with Crippen molar-refractivity contribution in [3.63, 3.8) is 0 Å². The van der Waals surface area contributed by atoms with E-state index in [9.17, 15) is 0 Å². The van der Waals surface area contributed by atoms with Crippen LogP contribution in [0.5, 0.6) is 5.75 Å². The Balaban J connectivity index is 1.70. The van der Waals surface area contributed by atoms with Crippen LogP contribution < -0.4 is 26.7 Å². The van der Waals surface area contributed by atoms with Gasteiger partial charge < -0.3 is 26.3 Å². The predicted molar refractivity (Wildman–Crippen MR) is 129 cm³/mol. The number of aliphatic hydroxyl groups is 1. The second kappa shape index (κ2) is 9.76. The van der Waals surface area contributed by atoms with Gasteiger partial charge in [-0.3, -0.25) is 10.0 Å². The van der Waals surface area contributed by atoms with Gasteiger partial charge in [-0.05, 0) is 54.8 Å². The number of hydrogen-bond donors (Lipinski definition) is 5. The molecule has 168 valence electrons. The molecule has 1 unspecified atom stereocenters. The van der Waals surface area contributed by atoms with Gasteiger partial charge in [-0.1, -0.05) is 12.1 Å². The number of fused-ring (bicyclic) bond motifs is 3. The third kappa shape index (κ3) is 4.42. The summed E-state index contributed by atoms with van der Waals surface area (Å²) in [6.45, 7) is 3.20. The molecule has 0 amide bonds. The van der Waals surface area contributed by atoms with Gasteiger partial charge in [0.25, 0.3) is 0 Å². The minimum Gasteiger partial charge on any atom is -0.491 e. The van der Waals surface area contributed by atoms with E-state index in [4.69, 9.17) is 15.6 Å². The van der Waals surface area contributed by atoms with Crippen molar-refractivity contribution in [1.82, 2.24) is 16.0 Å². The highest BCUT2D eigenvalue weighted by Gasteiger charge is 2.30. The first-order valence-electron chi connectivity index (χ1n) is 10.7. The summed E-state index contributed by atoms with van der Waals surface area (Å²) in [5, 5.41) is 14.8. The number of aliphatic hydroxyl groups excluding tert-OH is 1. The first-order chi connectivity index (χ1) is 15.6. The van der Waals surface area contributed by atoms with Crippen LogP contribution in [0.15, 0.2) is 59.4 Å². The van der Waals surface area contributed by atoms with Crippen LogP contribution in [-0.2, 0) is 0 Å². The third-order valence-corrected chi connectivity index (χ3v) is 5.66. The Morgan fingerprint density at radius 1 is 1.31 bits per heavy atom. The number of allylic oxidation sites excluding steroid dienone is 2. The maximum Gasteiger partial charge on any atom is 0.119 e. The predicted octanol–water partition coefficient (Wildman–Crippen LogP) is 2.63. The lowest BCUT2D eigenvalue weighted by Gasteiger charge is -2.22. The lowest BCUT2D eigenvalue weighted by atomic mass is 9.92. The van der Waals surface area contributed by atoms with Gasteiger partial charge in [-0.15, -0.1) is 5.53 Å². The fourth-order valence-corrected chi connectivity index (χ4v) is 4.16. The fourth-order valence-electron chi connectivity index (χ4n) is 4.16. The standard InChI is InChI=1S/C24H30N6O2/c1-16-24-21-8-3-17(18(14-25)15-26-2)13-22(21)23(9-10-30(24)29-28-16)27-19-4-6-20(7-5-19)32-12-11-31/h3-8,13-15,23,27-29,31H,9-12,25H2,1-2H3. The number of rotatable bonds is 7. The normalized spacial score (nSPS) is 18.3. The fraction of sp³-hybridized carbons (Fsp3) is 0.292. The third-order valence-electron chi connectivity index (χ3n) is 5.66. The smallest absolute Gasteiger partial charge is 0.119 e. The van der Waals surface area contributed by atoms with Crippen LogP contribution in [0.4, 0.5) is 5.69 Å². The zero-order valence-corrected chi connectivity index (χ0v) is 18.4. The van der Waals surface area contributed by atoms with E-state index in [1.54, 1.807) is 19.5 Å². The quantitative estimate of drug-likeness (QED) is 0.427. The molecule has 2 heterocycles. The highest BCUT2D eigenvalue weighted by molar-refractivity contribution is 6.09. The summed E-state index contributed by atoms with van der Waals surface area (Å²) in [5.41, 5.74) is 19.9. The Morgan fingerprint density at radius 3 is 2.84 bits per heavy atom. The van der Waals surface area contributed by atoms with Gasteiger partial charge in [0.15, 0.2) is 0 Å². The number of hydrogen-bond acceptors (Lipinski definition) is 8. The molecule has 0 saturated carbocycles. The zero-order chi connectivity index (χ0) is 22.5. The maximum absolute atomic E-state index is 8.94. The molecule has 2 aliphatic heterocycles. The monoisotopic (exact) mass is 434 g/mol. The van der Waals surface area contributed by atoms with Crippen LogP contribution in [0.1, 0.15) is 36.1 Å². The number of ether oxygens (including phenoxy) is 1. The topological polar surface area (TPSA) is 107 Å². The van der Waals surface area contributed by atoms with Crippen molar-refractivity contribution in [1.29, 1.82) is 0 Å². The highest BCUT2D eigenvalue weighted by atomic mass is 16.5. The van der Waals surface area contributed by atoms with Crippen LogP contribution >= 0.6 is 0 Å². The van der Waals surface area contributed by atoms with E-state index in [1.165, 1.54) is 11.1 Å². The number of aliphatic imine (C=N–C) groups is 1. The van der Waals surface area contributed by atoms with Gasteiger partial charge in [0.2, 0.25) is 0 Å². The SMILES string of the molecule is CN=CC(=CN)c1ccc2c(c1)C(Nc1ccc(OCCO)cc1)CCN1NNC(C)=C21. The number of benzene rings is 2. The molecule has 8 nitrogen and oxygen atoms in total. The molecule has 0 radical (unpaired) electrons. The lowest BCUT2D eigenvalue weighted by molar-refractivity contribution is 0.201. The Bertz CT molecular complexity index is 1040. The molecule has 0 aromatic heterocycles. The summed E-state index contributed by atoms with van der Waals surface area (Å²) in [6.07, 6.45) is 4.27. The molecular formula is C24H30N6O2. The molecule has 32 heavy (non-hydrogen) atoms. The Labute approximate surface area is 188 Å². The number of nitrogens with one attached hydrogen (secondary N) is 3. The van der Waals surface area contributed by atoms with Crippen LogP contribution in [0.25, 0.3) is 11.3 Å². The first kappa shape index (κ1) is 21.7. The average molecular weight is 435 g/mol. The van der Waals surface area contributed by atoms with E-state index in [2.05, 4.69) is 51.4 Å². The van der Waals surface area contributed by atoms with E-state index < -0.39 is 0 Å². The molecule has 8 heteroatoms. The van der Waals surface area contributed by atoms with Crippen molar-refractivity contribution in [2.24, 2.45) is 10.7 Å². The largest absolute Gasteiger partial charge is 0.491 e. The first-order valence-corrected chi connectivity index (χ1v) is 10.7. The van der Waals surface area contributed by atoms with Crippen LogP contribution in [-0.4, -0.2) is 43.1 Å². The molecule has 0 saturated heterocycles. The molecular weight excluding hydrogens is 404 g/mol. The molecule has 2 aromatic rings. The number of nitrogens with zero attached hydrogens (tertiary/aromatic N) is 2. The van der Waals surface area contributed by atoms with Crippen molar-refractivity contribution in [2.75, 3.05) is 32.1 Å². The molecule has 0 aliphatic carbocycles. The second-order valence-corrected chi connectivity index (χ2v) is 7.76. The van der Waals surface area contributed by atoms with E-state index in [0.717, 1.165) is 46.9 Å². The minimum absolute atomic E-state index is 0.00216. The summed E-state index contributed by atoms with van der Waals surface area (Å²) in [4.78, 5) is 4.14. The molecule has 0 bridgehead atoms. The van der Waals surface area contributed by atoms with E-state index in [1.807, 2.05) is 24.3 Å². The molecule has 0 spiro atoms. The van der Waals surface area contributed by atoms with Crippen molar-refractivity contribution < 1.29 is 9.84 Å². The van der Waals surface area contributed by atoms with Crippen molar-refractivity contribution in [3.8, 4) is 5.75 Å². The van der Waals surface area contributed by atoms with Crippen LogP contribution in [0, 0.1) is 0 Å². The van der Waals surface area contributed by atoms with Crippen molar-refractivity contribution in [3.05, 3.63) is 71.1 Å². The van der Waals surface area contributed by atoms with Crippen LogP contribution in [0.2, 0.25) is 0 Å². The van der Waals surface area contributed by atoms with Gasteiger partial charge in [0.1, 0.15) is 12.4 Å². The van der Waals surface area contributed by atoms with E-state index >= 15 is 0 Å². The zero-order valence-electron chi connectivity index (χ0n) is 18.4. The summed E-state index contributed by atoms with van der Waals surface area (Å²) < 4.78 is 5.48. The van der Waals surface area contributed by atoms with Gasteiger partial charge in [0, 0.05) is 42.8 Å². The second-order valence-electron chi connectivity index (χ2n) is 7.76. The summed E-state index contributed by atoms with van der Waals surface area (Å²) in [7, 11) is 1.74. The molecule has 4 rings (SSSR count). The minimum atomic E-state index is -0.00216. The molecule has 1 atom stereocenters. The number of nitrogens with two attached hydrogens (primary N) is 1. The van der Waals surface area contributed by atoms with Gasteiger partial charge >= 0.3 is 0 Å². The Kier molecular flexibility index (Phi) is 6.63.